The molecule has 0 saturated carbocycles. The molecule has 2 N–H and O–H groups in total. The SMILES string of the molecule is COc1ccc(C(=O)NCC(=O)OCC(=O)NC(C)(C)C)cc1[N+](=O)[O-]. The van der Waals surface area contributed by atoms with Crippen LogP contribution in [0.15, 0.2) is 18.2 Å². The fourth-order valence-electron chi connectivity index (χ4n) is 1.88. The number of benzene rings is 1. The quantitative estimate of drug-likeness (QED) is 0.413. The summed E-state index contributed by atoms with van der Waals surface area (Å²) >= 11 is 0. The molecule has 0 radical (unpaired) electrons. The highest BCUT2D eigenvalue weighted by atomic mass is 16.6. The lowest BCUT2D eigenvalue weighted by Crippen LogP contribution is -2.43. The van der Waals surface area contributed by atoms with Gasteiger partial charge in [0.05, 0.1) is 12.0 Å². The molecule has 0 unspecified atom stereocenters. The smallest absolute Gasteiger partial charge is 0.325 e. The number of nitro groups is 1. The number of esters is 1. The van der Waals surface area contributed by atoms with E-state index in [-0.39, 0.29) is 17.0 Å². The van der Waals surface area contributed by atoms with Crippen LogP contribution in [0.25, 0.3) is 0 Å². The molecule has 0 aliphatic heterocycles. The molecule has 0 atom stereocenters. The number of amides is 2. The molecule has 2 amide bonds. The van der Waals surface area contributed by atoms with E-state index >= 15 is 0 Å². The molecule has 1 rings (SSSR count). The summed E-state index contributed by atoms with van der Waals surface area (Å²) < 4.78 is 9.58. The van der Waals surface area contributed by atoms with Crippen LogP contribution in [0.3, 0.4) is 0 Å². The molecular formula is C16H21N3O7. The fourth-order valence-corrected chi connectivity index (χ4v) is 1.88. The highest BCUT2D eigenvalue weighted by molar-refractivity contribution is 5.96. The molecule has 0 bridgehead atoms. The van der Waals surface area contributed by atoms with Gasteiger partial charge >= 0.3 is 11.7 Å². The summed E-state index contributed by atoms with van der Waals surface area (Å²) in [6.45, 7) is 4.38. The number of rotatable bonds is 7. The monoisotopic (exact) mass is 367 g/mol. The Labute approximate surface area is 150 Å². The van der Waals surface area contributed by atoms with Crippen LogP contribution in [0.2, 0.25) is 0 Å². The number of nitrogens with one attached hydrogen (secondary N) is 2. The van der Waals surface area contributed by atoms with Crippen molar-refractivity contribution in [2.45, 2.75) is 26.3 Å². The minimum Gasteiger partial charge on any atom is -0.490 e. The van der Waals surface area contributed by atoms with Gasteiger partial charge in [-0.2, -0.15) is 0 Å². The average molecular weight is 367 g/mol. The maximum absolute atomic E-state index is 12.0. The zero-order chi connectivity index (χ0) is 19.9. The Morgan fingerprint density at radius 2 is 1.88 bits per heavy atom. The normalized spacial score (nSPS) is 10.6. The predicted molar refractivity (Wildman–Crippen MR) is 90.8 cm³/mol. The zero-order valence-electron chi connectivity index (χ0n) is 15.0. The van der Waals surface area contributed by atoms with Crippen LogP contribution in [0, 0.1) is 10.1 Å². The molecule has 1 aromatic carbocycles. The molecule has 0 aliphatic rings. The maximum Gasteiger partial charge on any atom is 0.325 e. The number of hydrogen-bond donors (Lipinski definition) is 2. The minimum atomic E-state index is -0.814. The van der Waals surface area contributed by atoms with Gasteiger partial charge in [-0.1, -0.05) is 0 Å². The van der Waals surface area contributed by atoms with Gasteiger partial charge < -0.3 is 20.1 Å². The van der Waals surface area contributed by atoms with Gasteiger partial charge in [-0.05, 0) is 32.9 Å². The lowest BCUT2D eigenvalue weighted by atomic mass is 10.1. The van der Waals surface area contributed by atoms with Crippen LogP contribution in [0.1, 0.15) is 31.1 Å². The van der Waals surface area contributed by atoms with E-state index in [1.807, 2.05) is 0 Å². The summed E-state index contributed by atoms with van der Waals surface area (Å²) in [4.78, 5) is 45.4. The van der Waals surface area contributed by atoms with Gasteiger partial charge in [0, 0.05) is 17.2 Å². The molecule has 0 fully saturated rings. The molecular weight excluding hydrogens is 346 g/mol. The van der Waals surface area contributed by atoms with Gasteiger partial charge in [0.15, 0.2) is 12.4 Å². The van der Waals surface area contributed by atoms with Gasteiger partial charge in [-0.3, -0.25) is 24.5 Å². The largest absolute Gasteiger partial charge is 0.490 e. The Bertz CT molecular complexity index is 710. The van der Waals surface area contributed by atoms with E-state index in [9.17, 15) is 24.5 Å². The first-order valence-electron chi connectivity index (χ1n) is 7.60. The first-order valence-corrected chi connectivity index (χ1v) is 7.60. The predicted octanol–water partition coefficient (Wildman–Crippen LogP) is 0.791. The number of carbonyl (C=O) groups is 3. The van der Waals surface area contributed by atoms with Crippen molar-refractivity contribution in [1.82, 2.24) is 10.6 Å². The zero-order valence-corrected chi connectivity index (χ0v) is 15.0. The second-order valence-electron chi connectivity index (χ2n) is 6.29. The molecule has 0 heterocycles. The minimum absolute atomic E-state index is 0.0100. The number of nitrogens with zero attached hydrogens (tertiary/aromatic N) is 1. The second-order valence-corrected chi connectivity index (χ2v) is 6.29. The van der Waals surface area contributed by atoms with Crippen molar-refractivity contribution in [3.8, 4) is 5.75 Å². The molecule has 0 saturated heterocycles. The Morgan fingerprint density at radius 3 is 2.42 bits per heavy atom. The number of hydrogen-bond acceptors (Lipinski definition) is 7. The van der Waals surface area contributed by atoms with Crippen LogP contribution in [0.4, 0.5) is 5.69 Å². The number of methoxy groups -OCH3 is 1. The number of carbonyl (C=O) groups excluding carboxylic acids is 3. The van der Waals surface area contributed by atoms with Crippen molar-refractivity contribution in [1.29, 1.82) is 0 Å². The first kappa shape index (κ1) is 20.9. The van der Waals surface area contributed by atoms with E-state index in [1.165, 1.54) is 19.2 Å². The van der Waals surface area contributed by atoms with E-state index in [0.29, 0.717) is 0 Å². The van der Waals surface area contributed by atoms with Gasteiger partial charge in [0.1, 0.15) is 6.54 Å². The van der Waals surface area contributed by atoms with Crippen LogP contribution in [-0.4, -0.2) is 48.5 Å². The molecule has 0 aromatic heterocycles. The summed E-state index contributed by atoms with van der Waals surface area (Å²) in [6, 6.07) is 3.64. The molecule has 0 spiro atoms. The third-order valence-electron chi connectivity index (χ3n) is 2.91. The molecule has 0 aliphatic carbocycles. The second kappa shape index (κ2) is 8.79. The van der Waals surface area contributed by atoms with Gasteiger partial charge in [0.2, 0.25) is 0 Å². The van der Waals surface area contributed by atoms with E-state index in [1.54, 1.807) is 20.8 Å². The third kappa shape index (κ3) is 6.75. The van der Waals surface area contributed by atoms with E-state index < -0.39 is 41.4 Å². The first-order chi connectivity index (χ1) is 12.0. The van der Waals surface area contributed by atoms with E-state index in [2.05, 4.69) is 10.6 Å². The van der Waals surface area contributed by atoms with Crippen LogP contribution < -0.4 is 15.4 Å². The van der Waals surface area contributed by atoms with Crippen molar-refractivity contribution in [2.24, 2.45) is 0 Å². The van der Waals surface area contributed by atoms with Gasteiger partial charge in [-0.15, -0.1) is 0 Å². The lowest BCUT2D eigenvalue weighted by Gasteiger charge is -2.20. The van der Waals surface area contributed by atoms with Gasteiger partial charge in [-0.25, -0.2) is 0 Å². The van der Waals surface area contributed by atoms with E-state index in [4.69, 9.17) is 9.47 Å². The van der Waals surface area contributed by atoms with Crippen LogP contribution in [0.5, 0.6) is 5.75 Å². The van der Waals surface area contributed by atoms with Gasteiger partial charge in [0.25, 0.3) is 11.8 Å². The summed E-state index contributed by atoms with van der Waals surface area (Å²) in [7, 11) is 1.27. The Kier molecular flexibility index (Phi) is 7.06. The third-order valence-corrected chi connectivity index (χ3v) is 2.91. The van der Waals surface area contributed by atoms with Crippen molar-refractivity contribution in [2.75, 3.05) is 20.3 Å². The summed E-state index contributed by atoms with van der Waals surface area (Å²) in [5.41, 5.74) is -0.849. The van der Waals surface area contributed by atoms with Crippen molar-refractivity contribution in [3.05, 3.63) is 33.9 Å². The fraction of sp³-hybridized carbons (Fsp3) is 0.438. The standard InChI is InChI=1S/C16H21N3O7/c1-16(2,3)18-13(20)9-26-14(21)8-17-15(22)10-5-6-12(25-4)11(7-10)19(23)24/h5-7H,8-9H2,1-4H3,(H,17,22)(H,18,20). The molecule has 1 aromatic rings. The lowest BCUT2D eigenvalue weighted by molar-refractivity contribution is -0.385. The molecule has 10 heteroatoms. The van der Waals surface area contributed by atoms with E-state index in [0.717, 1.165) is 6.07 Å². The molecule has 10 nitrogen and oxygen atoms in total. The topological polar surface area (TPSA) is 137 Å². The average Bonchev–Trinajstić information content (AvgIpc) is 2.55. The highest BCUT2D eigenvalue weighted by Crippen LogP contribution is 2.27. The van der Waals surface area contributed by atoms with Crippen molar-refractivity contribution >= 4 is 23.5 Å². The molecule has 26 heavy (non-hydrogen) atoms. The summed E-state index contributed by atoms with van der Waals surface area (Å²) in [5.74, 6) is -1.98. The van der Waals surface area contributed by atoms with Crippen molar-refractivity contribution in [3.63, 3.8) is 0 Å². The number of ether oxygens (including phenoxy) is 2. The Hall–Kier alpha value is -3.17. The van der Waals surface area contributed by atoms with Crippen LogP contribution in [-0.2, 0) is 14.3 Å². The summed E-state index contributed by atoms with van der Waals surface area (Å²) in [5, 5.41) is 15.8. The van der Waals surface area contributed by atoms with Crippen molar-refractivity contribution < 1.29 is 28.8 Å². The Morgan fingerprint density at radius 1 is 1.23 bits per heavy atom. The summed E-state index contributed by atoms with van der Waals surface area (Å²) in [6.07, 6.45) is 0. The Balaban J connectivity index is 2.56. The van der Waals surface area contributed by atoms with Crippen LogP contribution >= 0.6 is 0 Å². The maximum atomic E-state index is 12.0. The highest BCUT2D eigenvalue weighted by Gasteiger charge is 2.19. The number of nitro benzene ring substituents is 1. The molecule has 142 valence electrons.